The molecule has 0 aliphatic carbocycles. The van der Waals surface area contributed by atoms with Crippen molar-refractivity contribution in [2.24, 2.45) is 0 Å². The predicted molar refractivity (Wildman–Crippen MR) is 43.8 cm³/mol. The molecule has 1 atom stereocenters. The van der Waals surface area contributed by atoms with E-state index in [0.29, 0.717) is 0 Å². The molecule has 0 fully saturated rings. The summed E-state index contributed by atoms with van der Waals surface area (Å²) in [6.07, 6.45) is 4.85. The van der Waals surface area contributed by atoms with Crippen LogP contribution in [0.2, 0.25) is 0 Å². The number of carbonyl (C=O) groups is 1. The molecule has 0 N–H and O–H groups in total. The maximum Gasteiger partial charge on any atom is 0.142 e. The van der Waals surface area contributed by atoms with E-state index in [1.807, 2.05) is 24.2 Å². The zero-order chi connectivity index (χ0) is 8.27. The van der Waals surface area contributed by atoms with E-state index in [1.165, 1.54) is 0 Å². The van der Waals surface area contributed by atoms with Gasteiger partial charge < -0.3 is 9.80 Å². The summed E-state index contributed by atoms with van der Waals surface area (Å²) in [6, 6.07) is -0.0417. The maximum atomic E-state index is 10.5. The number of rotatable bonds is 3. The molecule has 0 bridgehead atoms. The fourth-order valence-electron chi connectivity index (χ4n) is 1.34. The van der Waals surface area contributed by atoms with E-state index < -0.39 is 0 Å². The van der Waals surface area contributed by atoms with Gasteiger partial charge in [0.25, 0.3) is 0 Å². The molecular formula is C8H14N2O. The minimum atomic E-state index is -0.0417. The van der Waals surface area contributed by atoms with Crippen LogP contribution in [-0.4, -0.2) is 35.4 Å². The highest BCUT2D eigenvalue weighted by molar-refractivity contribution is 5.61. The largest absolute Gasteiger partial charge is 0.313 e. The molecule has 1 unspecified atom stereocenters. The van der Waals surface area contributed by atoms with Gasteiger partial charge in [-0.1, -0.05) is 6.92 Å². The Kier molecular flexibility index (Phi) is 2.65. The number of nitrogens with zero attached hydrogens (tertiary/aromatic N) is 2. The van der Waals surface area contributed by atoms with Crippen molar-refractivity contribution in [3.05, 3.63) is 12.3 Å². The molecule has 11 heavy (non-hydrogen) atoms. The van der Waals surface area contributed by atoms with Crippen LogP contribution in [0.1, 0.15) is 13.8 Å². The SMILES string of the molecule is CCN1C=CC(C=O)N1CC. The van der Waals surface area contributed by atoms with E-state index in [2.05, 4.69) is 11.9 Å². The summed E-state index contributed by atoms with van der Waals surface area (Å²) < 4.78 is 0. The van der Waals surface area contributed by atoms with Gasteiger partial charge in [-0.15, -0.1) is 0 Å². The summed E-state index contributed by atoms with van der Waals surface area (Å²) in [4.78, 5) is 10.5. The molecule has 0 radical (unpaired) electrons. The fourth-order valence-corrected chi connectivity index (χ4v) is 1.34. The lowest BCUT2D eigenvalue weighted by Crippen LogP contribution is -2.41. The second-order valence-corrected chi connectivity index (χ2v) is 2.48. The molecule has 0 aromatic heterocycles. The summed E-state index contributed by atoms with van der Waals surface area (Å²) in [5.74, 6) is 0. The monoisotopic (exact) mass is 154 g/mol. The normalized spacial score (nSPS) is 24.5. The van der Waals surface area contributed by atoms with Gasteiger partial charge in [0.1, 0.15) is 12.3 Å². The van der Waals surface area contributed by atoms with Crippen LogP contribution >= 0.6 is 0 Å². The molecule has 62 valence electrons. The summed E-state index contributed by atoms with van der Waals surface area (Å²) >= 11 is 0. The van der Waals surface area contributed by atoms with Crippen LogP contribution in [0, 0.1) is 0 Å². The Labute approximate surface area is 67.2 Å². The van der Waals surface area contributed by atoms with Gasteiger partial charge in [0.05, 0.1) is 0 Å². The van der Waals surface area contributed by atoms with E-state index in [-0.39, 0.29) is 6.04 Å². The Bertz CT molecular complexity index is 167. The van der Waals surface area contributed by atoms with Crippen LogP contribution in [0.5, 0.6) is 0 Å². The minimum absolute atomic E-state index is 0.0417. The first kappa shape index (κ1) is 8.27. The second kappa shape index (κ2) is 3.53. The lowest BCUT2D eigenvalue weighted by molar-refractivity contribution is -0.114. The Morgan fingerprint density at radius 2 is 2.18 bits per heavy atom. The first-order valence-electron chi connectivity index (χ1n) is 4.00. The van der Waals surface area contributed by atoms with Crippen molar-refractivity contribution in [1.82, 2.24) is 10.0 Å². The molecule has 0 aromatic carbocycles. The Hall–Kier alpha value is -0.830. The van der Waals surface area contributed by atoms with Crippen LogP contribution in [-0.2, 0) is 4.79 Å². The maximum absolute atomic E-state index is 10.5. The van der Waals surface area contributed by atoms with E-state index in [0.717, 1.165) is 19.4 Å². The van der Waals surface area contributed by atoms with Crippen molar-refractivity contribution in [2.75, 3.05) is 13.1 Å². The topological polar surface area (TPSA) is 23.6 Å². The lowest BCUT2D eigenvalue weighted by Gasteiger charge is -2.29. The molecule has 3 nitrogen and oxygen atoms in total. The highest BCUT2D eigenvalue weighted by Crippen LogP contribution is 2.12. The van der Waals surface area contributed by atoms with Gasteiger partial charge in [0, 0.05) is 19.3 Å². The van der Waals surface area contributed by atoms with Crippen molar-refractivity contribution in [2.45, 2.75) is 19.9 Å². The summed E-state index contributed by atoms with van der Waals surface area (Å²) in [5.41, 5.74) is 0. The number of carbonyl (C=O) groups excluding carboxylic acids is 1. The van der Waals surface area contributed by atoms with Crippen LogP contribution in [0.25, 0.3) is 0 Å². The second-order valence-electron chi connectivity index (χ2n) is 2.48. The van der Waals surface area contributed by atoms with E-state index in [1.54, 1.807) is 0 Å². The first-order chi connectivity index (χ1) is 5.33. The molecule has 0 saturated heterocycles. The van der Waals surface area contributed by atoms with E-state index >= 15 is 0 Å². The molecule has 1 heterocycles. The Balaban J connectivity index is 2.61. The third kappa shape index (κ3) is 1.43. The van der Waals surface area contributed by atoms with Gasteiger partial charge in [-0.25, -0.2) is 5.01 Å². The molecule has 3 heteroatoms. The quantitative estimate of drug-likeness (QED) is 0.557. The van der Waals surface area contributed by atoms with Crippen molar-refractivity contribution in [3.63, 3.8) is 0 Å². The van der Waals surface area contributed by atoms with Crippen molar-refractivity contribution in [3.8, 4) is 0 Å². The molecule has 1 aliphatic heterocycles. The molecule has 0 spiro atoms. The number of likely N-dealkylation sites (N-methyl/N-ethyl adjacent to an activating group) is 1. The fraction of sp³-hybridized carbons (Fsp3) is 0.625. The van der Waals surface area contributed by atoms with Crippen molar-refractivity contribution in [1.29, 1.82) is 0 Å². The standard InChI is InChI=1S/C8H14N2O/c1-3-9-6-5-8(7-11)10(9)4-2/h5-8H,3-4H2,1-2H3. The van der Waals surface area contributed by atoms with Gasteiger partial charge in [0.2, 0.25) is 0 Å². The van der Waals surface area contributed by atoms with Gasteiger partial charge in [-0.2, -0.15) is 0 Å². The smallest absolute Gasteiger partial charge is 0.142 e. The Morgan fingerprint density at radius 3 is 2.64 bits per heavy atom. The first-order valence-corrected chi connectivity index (χ1v) is 4.00. The average molecular weight is 154 g/mol. The number of hydrogen-bond donors (Lipinski definition) is 0. The zero-order valence-corrected chi connectivity index (χ0v) is 7.03. The Morgan fingerprint density at radius 1 is 1.45 bits per heavy atom. The third-order valence-corrected chi connectivity index (χ3v) is 1.92. The lowest BCUT2D eigenvalue weighted by atomic mass is 10.3. The molecule has 1 rings (SSSR count). The van der Waals surface area contributed by atoms with Gasteiger partial charge in [-0.05, 0) is 13.0 Å². The third-order valence-electron chi connectivity index (χ3n) is 1.92. The molecule has 0 saturated carbocycles. The predicted octanol–water partition coefficient (Wildman–Crippen LogP) is 0.640. The number of hydrazine groups is 1. The van der Waals surface area contributed by atoms with E-state index in [4.69, 9.17) is 0 Å². The van der Waals surface area contributed by atoms with Crippen LogP contribution in [0.4, 0.5) is 0 Å². The molecule has 0 aromatic rings. The summed E-state index contributed by atoms with van der Waals surface area (Å²) in [7, 11) is 0. The molecular weight excluding hydrogens is 140 g/mol. The van der Waals surface area contributed by atoms with Crippen LogP contribution < -0.4 is 0 Å². The highest BCUT2D eigenvalue weighted by Gasteiger charge is 2.22. The number of hydrogen-bond acceptors (Lipinski definition) is 3. The number of aldehydes is 1. The van der Waals surface area contributed by atoms with Crippen molar-refractivity contribution < 1.29 is 4.79 Å². The molecule has 1 aliphatic rings. The minimum Gasteiger partial charge on any atom is -0.313 e. The van der Waals surface area contributed by atoms with Crippen LogP contribution in [0.3, 0.4) is 0 Å². The molecule has 0 amide bonds. The summed E-state index contributed by atoms with van der Waals surface area (Å²) in [6.45, 7) is 5.92. The van der Waals surface area contributed by atoms with E-state index in [9.17, 15) is 4.79 Å². The van der Waals surface area contributed by atoms with Crippen LogP contribution in [0.15, 0.2) is 12.3 Å². The zero-order valence-electron chi connectivity index (χ0n) is 7.03. The average Bonchev–Trinajstić information content (AvgIpc) is 2.45. The highest BCUT2D eigenvalue weighted by atomic mass is 16.1. The van der Waals surface area contributed by atoms with Gasteiger partial charge >= 0.3 is 0 Å². The summed E-state index contributed by atoms with van der Waals surface area (Å²) in [5, 5.41) is 4.09. The van der Waals surface area contributed by atoms with Gasteiger partial charge in [-0.3, -0.25) is 0 Å². The van der Waals surface area contributed by atoms with Crippen molar-refractivity contribution >= 4 is 6.29 Å². The van der Waals surface area contributed by atoms with Gasteiger partial charge in [0.15, 0.2) is 0 Å².